The molecule has 0 fully saturated rings. The highest BCUT2D eigenvalue weighted by Crippen LogP contribution is 2.16. The zero-order valence-corrected chi connectivity index (χ0v) is 12.2. The molecule has 0 bridgehead atoms. The summed E-state index contributed by atoms with van der Waals surface area (Å²) in [5.41, 5.74) is 1.51. The molecule has 2 heteroatoms. The molecule has 0 saturated heterocycles. The van der Waals surface area contributed by atoms with Gasteiger partial charge in [-0.2, -0.15) is 0 Å². The Morgan fingerprint density at radius 3 is 2.13 bits per heavy atom. The Hall–Kier alpha value is -0.243. The number of hydrogen-bond acceptors (Lipinski definition) is 1. The Balaban J connectivity index is 4.01. The molecule has 0 aromatic rings. The molecule has 0 aromatic heterocycles. The van der Waals surface area contributed by atoms with Crippen LogP contribution >= 0.6 is 0 Å². The highest BCUT2D eigenvalue weighted by Gasteiger charge is 2.13. The largest absolute Gasteiger partial charge is 0.550 e. The van der Waals surface area contributed by atoms with Crippen molar-refractivity contribution in [1.82, 2.24) is 0 Å². The van der Waals surface area contributed by atoms with Crippen LogP contribution in [0.3, 0.4) is 0 Å². The lowest BCUT2D eigenvalue weighted by Crippen LogP contribution is -2.22. The van der Waals surface area contributed by atoms with Crippen molar-refractivity contribution in [2.24, 2.45) is 0 Å². The number of allylic oxidation sites excluding steroid dienone is 1. The highest BCUT2D eigenvalue weighted by atomic mass is 28.4. The van der Waals surface area contributed by atoms with E-state index >= 15 is 0 Å². The zero-order chi connectivity index (χ0) is 11.7. The van der Waals surface area contributed by atoms with Gasteiger partial charge in [0.15, 0.2) is 0 Å². The van der Waals surface area contributed by atoms with E-state index in [2.05, 4.69) is 39.8 Å². The van der Waals surface area contributed by atoms with E-state index in [1.54, 1.807) is 0 Å². The predicted molar refractivity (Wildman–Crippen MR) is 71.6 cm³/mol. The lowest BCUT2D eigenvalue weighted by Gasteiger charge is -2.17. The Morgan fingerprint density at radius 2 is 1.67 bits per heavy atom. The van der Waals surface area contributed by atoms with Crippen molar-refractivity contribution in [2.75, 3.05) is 0 Å². The van der Waals surface area contributed by atoms with Crippen molar-refractivity contribution in [2.45, 2.75) is 72.0 Å². The molecule has 0 atom stereocenters. The first-order chi connectivity index (χ1) is 6.99. The van der Waals surface area contributed by atoms with Gasteiger partial charge in [-0.3, -0.25) is 0 Å². The monoisotopic (exact) mass is 228 g/mol. The van der Waals surface area contributed by atoms with E-state index in [1.807, 2.05) is 0 Å². The van der Waals surface area contributed by atoms with Crippen LogP contribution in [0, 0.1) is 0 Å². The second-order valence-electron chi connectivity index (χ2n) is 5.21. The van der Waals surface area contributed by atoms with Gasteiger partial charge in [-0.05, 0) is 44.5 Å². The Bertz CT molecular complexity index is 179. The van der Waals surface area contributed by atoms with Gasteiger partial charge in [0.2, 0.25) is 8.32 Å². The van der Waals surface area contributed by atoms with Crippen LogP contribution in [0.1, 0.15) is 52.4 Å². The van der Waals surface area contributed by atoms with Crippen LogP contribution in [-0.2, 0) is 4.43 Å². The van der Waals surface area contributed by atoms with Crippen molar-refractivity contribution in [1.29, 1.82) is 0 Å². The molecular formula is C13H28OSi. The smallest absolute Gasteiger partial charge is 0.241 e. The van der Waals surface area contributed by atoms with Crippen molar-refractivity contribution in [3.05, 3.63) is 11.8 Å². The molecule has 1 nitrogen and oxygen atoms in total. The maximum Gasteiger partial charge on any atom is 0.241 e. The third kappa shape index (κ3) is 10.0. The fraction of sp³-hybridized carbons (Fsp3) is 0.846. The fourth-order valence-electron chi connectivity index (χ4n) is 1.43. The minimum atomic E-state index is -1.37. The lowest BCUT2D eigenvalue weighted by atomic mass is 10.0. The van der Waals surface area contributed by atoms with Gasteiger partial charge in [-0.1, -0.05) is 33.1 Å². The summed E-state index contributed by atoms with van der Waals surface area (Å²) in [6.45, 7) is 11.2. The van der Waals surface area contributed by atoms with Gasteiger partial charge in [0.1, 0.15) is 0 Å². The van der Waals surface area contributed by atoms with E-state index in [4.69, 9.17) is 4.43 Å². The summed E-state index contributed by atoms with van der Waals surface area (Å²) in [4.78, 5) is 0. The van der Waals surface area contributed by atoms with Crippen LogP contribution in [0.4, 0.5) is 0 Å². The van der Waals surface area contributed by atoms with Gasteiger partial charge in [0.25, 0.3) is 0 Å². The maximum atomic E-state index is 5.85. The number of unbranched alkanes of at least 4 members (excludes halogenated alkanes) is 2. The summed E-state index contributed by atoms with van der Waals surface area (Å²) in [5, 5.41) is 0. The topological polar surface area (TPSA) is 9.23 Å². The molecule has 0 aliphatic carbocycles. The Kier molecular flexibility index (Phi) is 7.84. The molecule has 0 aromatic carbocycles. The van der Waals surface area contributed by atoms with Crippen LogP contribution in [0.15, 0.2) is 11.8 Å². The number of hydrogen-bond donors (Lipinski definition) is 0. The first kappa shape index (κ1) is 14.8. The van der Waals surface area contributed by atoms with Gasteiger partial charge in [-0.15, -0.1) is 0 Å². The minimum Gasteiger partial charge on any atom is -0.550 e. The molecule has 0 radical (unpaired) electrons. The van der Waals surface area contributed by atoms with Crippen molar-refractivity contribution in [3.63, 3.8) is 0 Å². The van der Waals surface area contributed by atoms with Gasteiger partial charge >= 0.3 is 0 Å². The summed E-state index contributed by atoms with van der Waals surface area (Å²) in [5.74, 6) is 0. The zero-order valence-electron chi connectivity index (χ0n) is 11.2. The average molecular weight is 228 g/mol. The number of rotatable bonds is 8. The van der Waals surface area contributed by atoms with Gasteiger partial charge in [0, 0.05) is 0 Å². The molecular weight excluding hydrogens is 200 g/mol. The molecule has 0 aliphatic rings. The summed E-state index contributed by atoms with van der Waals surface area (Å²) >= 11 is 0. The Labute approximate surface area is 97.0 Å². The quantitative estimate of drug-likeness (QED) is 0.319. The van der Waals surface area contributed by atoms with E-state index in [0.717, 1.165) is 0 Å². The molecule has 90 valence electrons. The Morgan fingerprint density at radius 1 is 1.00 bits per heavy atom. The SMILES string of the molecule is CCCCC/C(=C\O[Si](C)(C)C)CCC. The second kappa shape index (κ2) is 7.97. The normalized spacial score (nSPS) is 13.0. The molecule has 15 heavy (non-hydrogen) atoms. The first-order valence-corrected chi connectivity index (χ1v) is 9.76. The molecule has 0 amide bonds. The molecule has 0 heterocycles. The van der Waals surface area contributed by atoms with E-state index in [1.165, 1.54) is 44.1 Å². The van der Waals surface area contributed by atoms with Gasteiger partial charge in [0.05, 0.1) is 6.26 Å². The third-order valence-electron chi connectivity index (χ3n) is 2.25. The fourth-order valence-corrected chi connectivity index (χ4v) is 1.95. The van der Waals surface area contributed by atoms with Crippen molar-refractivity contribution in [3.8, 4) is 0 Å². The van der Waals surface area contributed by atoms with Crippen LogP contribution in [0.25, 0.3) is 0 Å². The van der Waals surface area contributed by atoms with Crippen molar-refractivity contribution < 1.29 is 4.43 Å². The third-order valence-corrected chi connectivity index (χ3v) is 3.08. The molecule has 0 spiro atoms. The van der Waals surface area contributed by atoms with Crippen LogP contribution in [-0.4, -0.2) is 8.32 Å². The summed E-state index contributed by atoms with van der Waals surface area (Å²) in [7, 11) is -1.37. The van der Waals surface area contributed by atoms with E-state index in [9.17, 15) is 0 Å². The highest BCUT2D eigenvalue weighted by molar-refractivity contribution is 6.69. The second-order valence-corrected chi connectivity index (χ2v) is 9.67. The summed E-state index contributed by atoms with van der Waals surface area (Å²) in [6, 6.07) is 0. The van der Waals surface area contributed by atoms with Crippen LogP contribution < -0.4 is 0 Å². The van der Waals surface area contributed by atoms with E-state index in [0.29, 0.717) is 0 Å². The lowest BCUT2D eigenvalue weighted by molar-refractivity contribution is 0.465. The molecule has 0 unspecified atom stereocenters. The molecule has 0 saturated carbocycles. The summed E-state index contributed by atoms with van der Waals surface area (Å²) in [6.07, 6.45) is 9.68. The standard InChI is InChI=1S/C13H28OSi/c1-6-8-9-11-13(10-7-2)12-14-15(3,4)5/h12H,6-11H2,1-5H3/b13-12-. The van der Waals surface area contributed by atoms with Crippen LogP contribution in [0.5, 0.6) is 0 Å². The average Bonchev–Trinajstić information content (AvgIpc) is 2.13. The molecule has 0 N–H and O–H groups in total. The maximum absolute atomic E-state index is 5.85. The van der Waals surface area contributed by atoms with Crippen molar-refractivity contribution >= 4 is 8.32 Å². The van der Waals surface area contributed by atoms with Crippen LogP contribution in [0.2, 0.25) is 19.6 Å². The van der Waals surface area contributed by atoms with Gasteiger partial charge in [-0.25, -0.2) is 0 Å². The molecule has 0 aliphatic heterocycles. The van der Waals surface area contributed by atoms with Gasteiger partial charge < -0.3 is 4.43 Å². The van der Waals surface area contributed by atoms with E-state index < -0.39 is 8.32 Å². The molecule has 0 rings (SSSR count). The first-order valence-electron chi connectivity index (χ1n) is 6.35. The van der Waals surface area contributed by atoms with E-state index in [-0.39, 0.29) is 0 Å². The summed E-state index contributed by atoms with van der Waals surface area (Å²) < 4.78 is 5.85. The minimum absolute atomic E-state index is 1.20. The predicted octanol–water partition coefficient (Wildman–Crippen LogP) is 5.10.